The first kappa shape index (κ1) is 10.9. The third-order valence-electron chi connectivity index (χ3n) is 3.27. The Balaban J connectivity index is 2.12. The first-order valence-corrected chi connectivity index (χ1v) is 6.37. The maximum absolute atomic E-state index is 11.7. The molecule has 2 heterocycles. The minimum absolute atomic E-state index is 0.212. The monoisotopic (exact) mass is 226 g/mol. The van der Waals surface area contributed by atoms with Gasteiger partial charge < -0.3 is 9.88 Å². The van der Waals surface area contributed by atoms with Crippen LogP contribution >= 0.6 is 11.3 Å². The molecule has 0 bridgehead atoms. The molecule has 1 saturated heterocycles. The molecular formula is C11H18N2OS. The first-order chi connectivity index (χ1) is 7.18. The molecule has 0 atom stereocenters. The van der Waals surface area contributed by atoms with E-state index in [4.69, 9.17) is 0 Å². The van der Waals surface area contributed by atoms with Crippen LogP contribution in [0.1, 0.15) is 23.4 Å². The predicted octanol–water partition coefficient (Wildman–Crippen LogP) is 1.53. The van der Waals surface area contributed by atoms with Gasteiger partial charge in [0.2, 0.25) is 0 Å². The maximum atomic E-state index is 11.7. The number of rotatable bonds is 2. The van der Waals surface area contributed by atoms with Gasteiger partial charge in [0.15, 0.2) is 0 Å². The second-order valence-corrected chi connectivity index (χ2v) is 5.48. The van der Waals surface area contributed by atoms with Crippen LogP contribution < -0.4 is 10.2 Å². The van der Waals surface area contributed by atoms with Crippen molar-refractivity contribution in [3.05, 3.63) is 20.2 Å². The molecule has 0 spiro atoms. The van der Waals surface area contributed by atoms with Crippen molar-refractivity contribution in [2.75, 3.05) is 13.1 Å². The normalized spacial score (nSPS) is 18.3. The maximum Gasteiger partial charge on any atom is 0.307 e. The minimum Gasteiger partial charge on any atom is -0.317 e. The van der Waals surface area contributed by atoms with Crippen LogP contribution in [0.2, 0.25) is 0 Å². The van der Waals surface area contributed by atoms with E-state index in [1.807, 2.05) is 18.4 Å². The van der Waals surface area contributed by atoms with E-state index in [2.05, 4.69) is 5.32 Å². The summed E-state index contributed by atoms with van der Waals surface area (Å²) in [6.07, 6.45) is 2.39. The number of nitrogens with one attached hydrogen (secondary N) is 1. The van der Waals surface area contributed by atoms with E-state index in [1.54, 1.807) is 0 Å². The highest BCUT2D eigenvalue weighted by Crippen LogP contribution is 2.17. The highest BCUT2D eigenvalue weighted by atomic mass is 32.1. The Bertz CT molecular complexity index is 388. The Labute approximate surface area is 94.1 Å². The van der Waals surface area contributed by atoms with Crippen molar-refractivity contribution in [2.45, 2.75) is 33.2 Å². The topological polar surface area (TPSA) is 34.0 Å². The van der Waals surface area contributed by atoms with Gasteiger partial charge in [0.05, 0.1) is 0 Å². The Hall–Kier alpha value is -0.610. The number of aryl methyl sites for hydroxylation is 1. The number of piperidine rings is 1. The van der Waals surface area contributed by atoms with E-state index in [0.717, 1.165) is 30.2 Å². The fraction of sp³-hybridized carbons (Fsp3) is 0.727. The van der Waals surface area contributed by atoms with Gasteiger partial charge >= 0.3 is 4.87 Å². The first-order valence-electron chi connectivity index (χ1n) is 5.56. The third-order valence-corrected chi connectivity index (χ3v) is 4.27. The van der Waals surface area contributed by atoms with Crippen molar-refractivity contribution in [1.82, 2.24) is 9.88 Å². The average Bonchev–Trinajstić information content (AvgIpc) is 2.47. The summed E-state index contributed by atoms with van der Waals surface area (Å²) in [6, 6.07) is 0. The van der Waals surface area contributed by atoms with Crippen LogP contribution in [-0.2, 0) is 6.54 Å². The zero-order valence-corrected chi connectivity index (χ0v) is 10.2. The molecule has 0 aliphatic carbocycles. The lowest BCUT2D eigenvalue weighted by molar-refractivity contribution is 0.329. The van der Waals surface area contributed by atoms with Gasteiger partial charge in [-0.05, 0) is 45.7 Å². The molecule has 1 aromatic rings. The number of aromatic nitrogens is 1. The van der Waals surface area contributed by atoms with Crippen LogP contribution in [0, 0.1) is 19.8 Å². The van der Waals surface area contributed by atoms with Gasteiger partial charge in [-0.15, -0.1) is 0 Å². The zero-order chi connectivity index (χ0) is 10.8. The summed E-state index contributed by atoms with van der Waals surface area (Å²) >= 11 is 1.38. The Kier molecular flexibility index (Phi) is 3.26. The van der Waals surface area contributed by atoms with Gasteiger partial charge in [-0.2, -0.15) is 0 Å². The van der Waals surface area contributed by atoms with Crippen molar-refractivity contribution in [3.63, 3.8) is 0 Å². The van der Waals surface area contributed by atoms with Crippen molar-refractivity contribution in [2.24, 2.45) is 5.92 Å². The highest BCUT2D eigenvalue weighted by molar-refractivity contribution is 7.09. The van der Waals surface area contributed by atoms with E-state index >= 15 is 0 Å². The summed E-state index contributed by atoms with van der Waals surface area (Å²) in [5.74, 6) is 0.677. The molecule has 1 aromatic heterocycles. The molecule has 0 aromatic carbocycles. The Morgan fingerprint density at radius 2 is 2.07 bits per heavy atom. The van der Waals surface area contributed by atoms with Gasteiger partial charge in [-0.1, -0.05) is 11.3 Å². The van der Waals surface area contributed by atoms with E-state index in [9.17, 15) is 4.79 Å². The van der Waals surface area contributed by atoms with Gasteiger partial charge in [-0.3, -0.25) is 4.79 Å². The minimum atomic E-state index is 0.212. The van der Waals surface area contributed by atoms with E-state index in [1.165, 1.54) is 24.2 Å². The van der Waals surface area contributed by atoms with Crippen LogP contribution in [0.25, 0.3) is 0 Å². The van der Waals surface area contributed by atoms with Crippen molar-refractivity contribution < 1.29 is 0 Å². The lowest BCUT2D eigenvalue weighted by Crippen LogP contribution is -2.31. The Morgan fingerprint density at radius 3 is 2.60 bits per heavy atom. The molecule has 0 saturated carbocycles. The largest absolute Gasteiger partial charge is 0.317 e. The van der Waals surface area contributed by atoms with Crippen LogP contribution in [0.4, 0.5) is 0 Å². The summed E-state index contributed by atoms with van der Waals surface area (Å²) in [5.41, 5.74) is 1.16. The molecule has 4 heteroatoms. The quantitative estimate of drug-likeness (QED) is 0.829. The lowest BCUT2D eigenvalue weighted by atomic mass is 9.98. The van der Waals surface area contributed by atoms with E-state index < -0.39 is 0 Å². The van der Waals surface area contributed by atoms with E-state index in [-0.39, 0.29) is 4.87 Å². The summed E-state index contributed by atoms with van der Waals surface area (Å²) < 4.78 is 1.95. The second-order valence-electron chi connectivity index (χ2n) is 4.31. The zero-order valence-electron chi connectivity index (χ0n) is 9.38. The van der Waals surface area contributed by atoms with Gasteiger partial charge in [0.1, 0.15) is 0 Å². The van der Waals surface area contributed by atoms with Crippen molar-refractivity contribution in [1.29, 1.82) is 0 Å². The Morgan fingerprint density at radius 1 is 1.40 bits per heavy atom. The number of hydrogen-bond acceptors (Lipinski definition) is 3. The molecule has 1 fully saturated rings. The summed E-state index contributed by atoms with van der Waals surface area (Å²) in [6.45, 7) is 7.19. The number of hydrogen-bond donors (Lipinski definition) is 1. The molecule has 0 amide bonds. The summed E-state index contributed by atoms with van der Waals surface area (Å²) in [5, 5.41) is 3.35. The second kappa shape index (κ2) is 4.49. The fourth-order valence-corrected chi connectivity index (χ4v) is 2.96. The average molecular weight is 226 g/mol. The molecular weight excluding hydrogens is 208 g/mol. The molecule has 1 aliphatic rings. The van der Waals surface area contributed by atoms with Crippen molar-refractivity contribution in [3.8, 4) is 0 Å². The molecule has 2 rings (SSSR count). The van der Waals surface area contributed by atoms with Gasteiger partial charge in [0, 0.05) is 17.1 Å². The number of nitrogens with zero attached hydrogens (tertiary/aromatic N) is 1. The molecule has 1 aliphatic heterocycles. The molecule has 15 heavy (non-hydrogen) atoms. The van der Waals surface area contributed by atoms with Crippen LogP contribution in [0.5, 0.6) is 0 Å². The van der Waals surface area contributed by atoms with E-state index in [0.29, 0.717) is 5.92 Å². The smallest absolute Gasteiger partial charge is 0.307 e. The highest BCUT2D eigenvalue weighted by Gasteiger charge is 2.16. The van der Waals surface area contributed by atoms with Crippen LogP contribution in [0.15, 0.2) is 4.79 Å². The molecule has 84 valence electrons. The lowest BCUT2D eigenvalue weighted by Gasteiger charge is -2.23. The summed E-state index contributed by atoms with van der Waals surface area (Å²) in [4.78, 5) is 13.1. The van der Waals surface area contributed by atoms with Gasteiger partial charge in [0.25, 0.3) is 0 Å². The molecule has 0 radical (unpaired) electrons. The SMILES string of the molecule is Cc1sc(=O)n(CC2CCNCC2)c1C. The third kappa shape index (κ3) is 2.32. The van der Waals surface area contributed by atoms with Crippen LogP contribution in [-0.4, -0.2) is 17.7 Å². The molecule has 0 unspecified atom stereocenters. The van der Waals surface area contributed by atoms with Crippen molar-refractivity contribution >= 4 is 11.3 Å². The van der Waals surface area contributed by atoms with Gasteiger partial charge in [-0.25, -0.2) is 0 Å². The number of thiazole rings is 1. The molecule has 1 N–H and O–H groups in total. The summed E-state index contributed by atoms with van der Waals surface area (Å²) in [7, 11) is 0. The molecule has 3 nitrogen and oxygen atoms in total. The standard InChI is InChI=1S/C11H18N2OS/c1-8-9(2)15-11(14)13(8)7-10-3-5-12-6-4-10/h10,12H,3-7H2,1-2H3. The fourth-order valence-electron chi connectivity index (χ4n) is 2.12. The van der Waals surface area contributed by atoms with Crippen LogP contribution in [0.3, 0.4) is 0 Å². The predicted molar refractivity (Wildman–Crippen MR) is 63.6 cm³/mol.